The number of benzene rings is 1. The van der Waals surface area contributed by atoms with Gasteiger partial charge in [0.1, 0.15) is 5.82 Å². The summed E-state index contributed by atoms with van der Waals surface area (Å²) in [7, 11) is 0. The number of H-pyrrole nitrogens is 1. The van der Waals surface area contributed by atoms with E-state index in [4.69, 9.17) is 0 Å². The molecular weight excluding hydrogens is 312 g/mol. The SMILES string of the molecule is Cc1nc(C)c(CC(=O)NCc2cccc3ncsc23)c(=O)[nH]1. The molecule has 3 aromatic rings. The summed E-state index contributed by atoms with van der Waals surface area (Å²) in [4.78, 5) is 35.2. The van der Waals surface area contributed by atoms with E-state index in [2.05, 4.69) is 20.3 Å². The van der Waals surface area contributed by atoms with E-state index in [1.165, 1.54) is 0 Å². The molecule has 3 rings (SSSR count). The summed E-state index contributed by atoms with van der Waals surface area (Å²) < 4.78 is 1.07. The van der Waals surface area contributed by atoms with Crippen molar-refractivity contribution in [2.45, 2.75) is 26.8 Å². The molecule has 7 heteroatoms. The number of carbonyl (C=O) groups excluding carboxylic acids is 1. The Kier molecular flexibility index (Phi) is 4.20. The van der Waals surface area contributed by atoms with Crippen molar-refractivity contribution in [3.05, 3.63) is 56.7 Å². The lowest BCUT2D eigenvalue weighted by molar-refractivity contribution is -0.120. The van der Waals surface area contributed by atoms with Crippen molar-refractivity contribution in [1.82, 2.24) is 20.3 Å². The largest absolute Gasteiger partial charge is 0.352 e. The van der Waals surface area contributed by atoms with Crippen LogP contribution in [0.15, 0.2) is 28.5 Å². The summed E-state index contributed by atoms with van der Waals surface area (Å²) in [5.74, 6) is 0.347. The maximum Gasteiger partial charge on any atom is 0.254 e. The molecule has 0 unspecified atom stereocenters. The smallest absolute Gasteiger partial charge is 0.254 e. The van der Waals surface area contributed by atoms with E-state index >= 15 is 0 Å². The molecule has 1 amide bonds. The lowest BCUT2D eigenvalue weighted by Crippen LogP contribution is -2.29. The normalized spacial score (nSPS) is 10.9. The molecule has 0 aliphatic rings. The second-order valence-electron chi connectivity index (χ2n) is 5.29. The topological polar surface area (TPSA) is 87.7 Å². The number of nitrogens with zero attached hydrogens (tertiary/aromatic N) is 2. The van der Waals surface area contributed by atoms with Gasteiger partial charge in [-0.05, 0) is 25.5 Å². The van der Waals surface area contributed by atoms with Crippen LogP contribution >= 0.6 is 11.3 Å². The number of nitrogens with one attached hydrogen (secondary N) is 2. The van der Waals surface area contributed by atoms with Crippen LogP contribution in [0.1, 0.15) is 22.6 Å². The zero-order valence-corrected chi connectivity index (χ0v) is 13.7. The molecular formula is C16H16N4O2S. The summed E-state index contributed by atoms with van der Waals surface area (Å²) in [5.41, 5.74) is 4.48. The van der Waals surface area contributed by atoms with Gasteiger partial charge in [0.25, 0.3) is 5.56 Å². The molecule has 0 aliphatic carbocycles. The zero-order valence-electron chi connectivity index (χ0n) is 12.8. The molecule has 23 heavy (non-hydrogen) atoms. The van der Waals surface area contributed by atoms with Crippen LogP contribution < -0.4 is 10.9 Å². The summed E-state index contributed by atoms with van der Waals surface area (Å²) in [5, 5.41) is 2.86. The molecule has 0 atom stereocenters. The Morgan fingerprint density at radius 1 is 1.35 bits per heavy atom. The average Bonchev–Trinajstić information content (AvgIpc) is 2.97. The fourth-order valence-corrected chi connectivity index (χ4v) is 3.26. The highest BCUT2D eigenvalue weighted by Gasteiger charge is 2.12. The molecule has 0 spiro atoms. The molecule has 2 N–H and O–H groups in total. The Balaban J connectivity index is 1.71. The molecule has 1 aromatic carbocycles. The van der Waals surface area contributed by atoms with Crippen LogP contribution in [0.4, 0.5) is 0 Å². The number of hydrogen-bond acceptors (Lipinski definition) is 5. The minimum atomic E-state index is -0.255. The molecule has 2 aromatic heterocycles. The van der Waals surface area contributed by atoms with Crippen LogP contribution in [-0.2, 0) is 17.8 Å². The number of fused-ring (bicyclic) bond motifs is 1. The van der Waals surface area contributed by atoms with Gasteiger partial charge in [-0.1, -0.05) is 12.1 Å². The third kappa shape index (κ3) is 3.29. The molecule has 0 saturated heterocycles. The van der Waals surface area contributed by atoms with Crippen molar-refractivity contribution in [3.63, 3.8) is 0 Å². The van der Waals surface area contributed by atoms with Gasteiger partial charge >= 0.3 is 0 Å². The Hall–Kier alpha value is -2.54. The second-order valence-corrected chi connectivity index (χ2v) is 6.14. The minimum Gasteiger partial charge on any atom is -0.352 e. The Morgan fingerprint density at radius 2 is 2.17 bits per heavy atom. The van der Waals surface area contributed by atoms with Gasteiger partial charge in [0.05, 0.1) is 22.1 Å². The van der Waals surface area contributed by atoms with Gasteiger partial charge in [-0.25, -0.2) is 9.97 Å². The van der Waals surface area contributed by atoms with Gasteiger partial charge < -0.3 is 10.3 Å². The van der Waals surface area contributed by atoms with Crippen molar-refractivity contribution >= 4 is 27.5 Å². The van der Waals surface area contributed by atoms with Gasteiger partial charge in [-0.2, -0.15) is 0 Å². The first kappa shape index (κ1) is 15.4. The van der Waals surface area contributed by atoms with Crippen molar-refractivity contribution in [1.29, 1.82) is 0 Å². The number of aromatic nitrogens is 3. The van der Waals surface area contributed by atoms with Crippen LogP contribution in [0.25, 0.3) is 10.2 Å². The molecule has 118 valence electrons. The minimum absolute atomic E-state index is 0.0209. The third-order valence-corrected chi connectivity index (χ3v) is 4.51. The van der Waals surface area contributed by atoms with E-state index in [1.54, 1.807) is 30.7 Å². The Bertz CT molecular complexity index is 929. The summed E-state index contributed by atoms with van der Waals surface area (Å²) in [6, 6.07) is 5.83. The number of aromatic amines is 1. The van der Waals surface area contributed by atoms with Gasteiger partial charge in [0, 0.05) is 17.8 Å². The number of thiazole rings is 1. The summed E-state index contributed by atoms with van der Waals surface area (Å²) >= 11 is 1.55. The number of rotatable bonds is 4. The predicted molar refractivity (Wildman–Crippen MR) is 89.5 cm³/mol. The van der Waals surface area contributed by atoms with Gasteiger partial charge in [-0.3, -0.25) is 9.59 Å². The van der Waals surface area contributed by atoms with E-state index in [9.17, 15) is 9.59 Å². The van der Waals surface area contributed by atoms with E-state index in [-0.39, 0.29) is 17.9 Å². The molecule has 0 radical (unpaired) electrons. The standard InChI is InChI=1S/C16H16N4O2S/c1-9-12(16(22)20-10(2)19-9)6-14(21)17-7-11-4-3-5-13-15(11)23-8-18-13/h3-5,8H,6-7H2,1-2H3,(H,17,21)(H,19,20,22). The van der Waals surface area contributed by atoms with E-state index < -0.39 is 0 Å². The van der Waals surface area contributed by atoms with E-state index in [0.717, 1.165) is 15.8 Å². The second kappa shape index (κ2) is 6.29. The highest BCUT2D eigenvalue weighted by atomic mass is 32.1. The van der Waals surface area contributed by atoms with Crippen molar-refractivity contribution in [2.75, 3.05) is 0 Å². The highest BCUT2D eigenvalue weighted by molar-refractivity contribution is 7.16. The summed E-state index contributed by atoms with van der Waals surface area (Å²) in [6.45, 7) is 3.87. The maximum absolute atomic E-state index is 12.1. The Morgan fingerprint density at radius 3 is 2.96 bits per heavy atom. The number of carbonyl (C=O) groups is 1. The molecule has 0 bridgehead atoms. The first-order valence-electron chi connectivity index (χ1n) is 7.19. The van der Waals surface area contributed by atoms with Crippen molar-refractivity contribution < 1.29 is 4.79 Å². The van der Waals surface area contributed by atoms with Crippen LogP contribution in [0.5, 0.6) is 0 Å². The quantitative estimate of drug-likeness (QED) is 0.765. The number of hydrogen-bond donors (Lipinski definition) is 2. The van der Waals surface area contributed by atoms with E-state index in [0.29, 0.717) is 23.6 Å². The summed E-state index contributed by atoms with van der Waals surface area (Å²) in [6.07, 6.45) is 0.0209. The molecule has 2 heterocycles. The highest BCUT2D eigenvalue weighted by Crippen LogP contribution is 2.21. The average molecular weight is 328 g/mol. The molecule has 0 fully saturated rings. The fourth-order valence-electron chi connectivity index (χ4n) is 2.46. The van der Waals surface area contributed by atoms with Crippen LogP contribution in [0.2, 0.25) is 0 Å². The van der Waals surface area contributed by atoms with Gasteiger partial charge in [0.2, 0.25) is 5.91 Å². The first-order chi connectivity index (χ1) is 11.0. The lowest BCUT2D eigenvalue weighted by atomic mass is 10.1. The molecule has 0 saturated carbocycles. The number of amides is 1. The fraction of sp³-hybridized carbons (Fsp3) is 0.250. The van der Waals surface area contributed by atoms with Crippen LogP contribution in [-0.4, -0.2) is 20.9 Å². The predicted octanol–water partition coefficient (Wildman–Crippen LogP) is 1.86. The number of aryl methyl sites for hydroxylation is 2. The lowest BCUT2D eigenvalue weighted by Gasteiger charge is -2.07. The maximum atomic E-state index is 12.1. The van der Waals surface area contributed by atoms with Crippen molar-refractivity contribution in [2.24, 2.45) is 0 Å². The van der Waals surface area contributed by atoms with Crippen molar-refractivity contribution in [3.8, 4) is 0 Å². The molecule has 6 nitrogen and oxygen atoms in total. The van der Waals surface area contributed by atoms with E-state index in [1.807, 2.05) is 18.2 Å². The monoisotopic (exact) mass is 328 g/mol. The van der Waals surface area contributed by atoms with Crippen LogP contribution in [0, 0.1) is 13.8 Å². The van der Waals surface area contributed by atoms with Crippen LogP contribution in [0.3, 0.4) is 0 Å². The molecule has 0 aliphatic heterocycles. The first-order valence-corrected chi connectivity index (χ1v) is 8.06. The van der Waals surface area contributed by atoms with Gasteiger partial charge in [0.15, 0.2) is 0 Å². The third-order valence-electron chi connectivity index (χ3n) is 3.59. The zero-order chi connectivity index (χ0) is 16.4. The van der Waals surface area contributed by atoms with Gasteiger partial charge in [-0.15, -0.1) is 11.3 Å². The Labute approximate surface area is 136 Å².